The number of benzene rings is 1. The molecule has 0 unspecified atom stereocenters. The third-order valence-corrected chi connectivity index (χ3v) is 4.02. The van der Waals surface area contributed by atoms with Crippen molar-refractivity contribution >= 4 is 17.3 Å². The van der Waals surface area contributed by atoms with Crippen LogP contribution in [0.15, 0.2) is 40.2 Å². The van der Waals surface area contributed by atoms with Crippen molar-refractivity contribution in [2.75, 3.05) is 14.2 Å². The van der Waals surface area contributed by atoms with Crippen LogP contribution < -0.4 is 9.47 Å². The maximum Gasteiger partial charge on any atom is 0.338 e. The minimum Gasteiger partial charge on any atom is -0.493 e. The summed E-state index contributed by atoms with van der Waals surface area (Å²) in [5.74, 6) is 1.16. The summed E-state index contributed by atoms with van der Waals surface area (Å²) >= 11 is 1.50. The lowest BCUT2D eigenvalue weighted by Gasteiger charge is -2.08. The molecule has 3 rings (SSSR count). The molecule has 24 heavy (non-hydrogen) atoms. The molecule has 0 spiro atoms. The van der Waals surface area contributed by atoms with Gasteiger partial charge in [-0.15, -0.1) is 11.3 Å². The molecular weight excluding hydrogens is 332 g/mol. The summed E-state index contributed by atoms with van der Waals surface area (Å²) in [5.41, 5.74) is 0.339. The molecule has 0 bridgehead atoms. The summed E-state index contributed by atoms with van der Waals surface area (Å²) in [6, 6.07) is 8.56. The van der Waals surface area contributed by atoms with Crippen LogP contribution in [0.4, 0.5) is 0 Å². The standard InChI is InChI=1S/C16H14N2O5S/c1-20-11-6-5-10(8-12(11)21-2)16(19)22-9-14-17-15(18-23-14)13-4-3-7-24-13/h3-8H,9H2,1-2H3. The van der Waals surface area contributed by atoms with Crippen LogP contribution in [0.1, 0.15) is 16.2 Å². The maximum atomic E-state index is 12.1. The molecule has 0 aliphatic carbocycles. The second-order valence-electron chi connectivity index (χ2n) is 4.63. The van der Waals surface area contributed by atoms with Crippen molar-refractivity contribution in [3.05, 3.63) is 47.2 Å². The highest BCUT2D eigenvalue weighted by molar-refractivity contribution is 7.13. The zero-order valence-electron chi connectivity index (χ0n) is 13.0. The summed E-state index contributed by atoms with van der Waals surface area (Å²) in [4.78, 5) is 17.2. The zero-order chi connectivity index (χ0) is 16.9. The third kappa shape index (κ3) is 3.38. The van der Waals surface area contributed by atoms with E-state index < -0.39 is 5.97 Å². The average Bonchev–Trinajstić information content (AvgIpc) is 3.30. The van der Waals surface area contributed by atoms with E-state index in [1.807, 2.05) is 17.5 Å². The first-order valence-corrected chi connectivity index (χ1v) is 7.85. The quantitative estimate of drug-likeness (QED) is 0.634. The smallest absolute Gasteiger partial charge is 0.338 e. The normalized spacial score (nSPS) is 10.4. The third-order valence-electron chi connectivity index (χ3n) is 3.16. The second-order valence-corrected chi connectivity index (χ2v) is 5.58. The Bertz CT molecular complexity index is 829. The molecule has 2 aromatic heterocycles. The van der Waals surface area contributed by atoms with Crippen LogP contribution in [0.3, 0.4) is 0 Å². The van der Waals surface area contributed by atoms with E-state index in [2.05, 4.69) is 10.1 Å². The van der Waals surface area contributed by atoms with Gasteiger partial charge in [0, 0.05) is 0 Å². The molecule has 124 valence electrons. The van der Waals surface area contributed by atoms with Gasteiger partial charge >= 0.3 is 5.97 Å². The van der Waals surface area contributed by atoms with Gasteiger partial charge in [-0.05, 0) is 29.6 Å². The van der Waals surface area contributed by atoms with Gasteiger partial charge in [0.15, 0.2) is 18.1 Å². The van der Waals surface area contributed by atoms with E-state index in [0.717, 1.165) is 4.88 Å². The van der Waals surface area contributed by atoms with Crippen molar-refractivity contribution in [2.45, 2.75) is 6.61 Å². The fraction of sp³-hybridized carbons (Fsp3) is 0.188. The Hall–Kier alpha value is -2.87. The van der Waals surface area contributed by atoms with E-state index in [1.165, 1.54) is 25.6 Å². The monoisotopic (exact) mass is 346 g/mol. The van der Waals surface area contributed by atoms with Gasteiger partial charge < -0.3 is 18.7 Å². The summed E-state index contributed by atoms with van der Waals surface area (Å²) in [7, 11) is 3.02. The molecule has 0 fully saturated rings. The number of carbonyl (C=O) groups is 1. The number of nitrogens with zero attached hydrogens (tertiary/aromatic N) is 2. The van der Waals surface area contributed by atoms with Crippen LogP contribution in [0.2, 0.25) is 0 Å². The Balaban J connectivity index is 1.65. The van der Waals surface area contributed by atoms with Crippen LogP contribution in [0, 0.1) is 0 Å². The van der Waals surface area contributed by atoms with Crippen LogP contribution in [0.5, 0.6) is 11.5 Å². The van der Waals surface area contributed by atoms with Crippen molar-refractivity contribution in [2.24, 2.45) is 0 Å². The summed E-state index contributed by atoms with van der Waals surface area (Å²) in [6.07, 6.45) is 0. The highest BCUT2D eigenvalue weighted by Gasteiger charge is 2.15. The first-order valence-electron chi connectivity index (χ1n) is 6.97. The molecule has 0 atom stereocenters. The summed E-state index contributed by atoms with van der Waals surface area (Å²) < 4.78 is 20.6. The molecular formula is C16H14N2O5S. The van der Waals surface area contributed by atoms with Gasteiger partial charge in [0.2, 0.25) is 5.82 Å². The SMILES string of the molecule is COc1ccc(C(=O)OCc2nc(-c3cccs3)no2)cc1OC. The van der Waals surface area contributed by atoms with Gasteiger partial charge in [0.05, 0.1) is 24.7 Å². The number of carbonyl (C=O) groups excluding carboxylic acids is 1. The predicted molar refractivity (Wildman–Crippen MR) is 86.3 cm³/mol. The van der Waals surface area contributed by atoms with Gasteiger partial charge in [-0.3, -0.25) is 0 Å². The van der Waals surface area contributed by atoms with E-state index in [4.69, 9.17) is 18.7 Å². The lowest BCUT2D eigenvalue weighted by Crippen LogP contribution is -2.06. The second kappa shape index (κ2) is 7.14. The molecule has 0 saturated heterocycles. The Morgan fingerprint density at radius 1 is 1.21 bits per heavy atom. The van der Waals surface area contributed by atoms with Crippen LogP contribution >= 0.6 is 11.3 Å². The van der Waals surface area contributed by atoms with E-state index >= 15 is 0 Å². The number of hydrogen-bond acceptors (Lipinski definition) is 8. The van der Waals surface area contributed by atoms with Crippen LogP contribution in [-0.2, 0) is 11.3 Å². The van der Waals surface area contributed by atoms with E-state index in [1.54, 1.807) is 18.2 Å². The minimum absolute atomic E-state index is 0.106. The summed E-state index contributed by atoms with van der Waals surface area (Å²) in [6.45, 7) is -0.106. The lowest BCUT2D eigenvalue weighted by molar-refractivity contribution is 0.0429. The summed E-state index contributed by atoms with van der Waals surface area (Å²) in [5, 5.41) is 5.77. The van der Waals surface area contributed by atoms with Crippen molar-refractivity contribution in [3.63, 3.8) is 0 Å². The zero-order valence-corrected chi connectivity index (χ0v) is 13.8. The molecule has 0 amide bonds. The van der Waals surface area contributed by atoms with E-state index in [0.29, 0.717) is 22.9 Å². The Kier molecular flexibility index (Phi) is 4.76. The number of rotatable bonds is 6. The fourth-order valence-electron chi connectivity index (χ4n) is 1.99. The van der Waals surface area contributed by atoms with Gasteiger partial charge in [0.1, 0.15) is 0 Å². The fourth-order valence-corrected chi connectivity index (χ4v) is 2.64. The number of esters is 1. The molecule has 3 aromatic rings. The molecule has 0 aliphatic rings. The van der Waals surface area contributed by atoms with Crippen molar-refractivity contribution in [1.82, 2.24) is 10.1 Å². The molecule has 8 heteroatoms. The lowest BCUT2D eigenvalue weighted by atomic mass is 10.2. The predicted octanol–water partition coefficient (Wildman–Crippen LogP) is 3.17. The molecule has 0 N–H and O–H groups in total. The first kappa shape index (κ1) is 16.0. The average molecular weight is 346 g/mol. The minimum atomic E-state index is -0.521. The van der Waals surface area contributed by atoms with Crippen molar-refractivity contribution in [1.29, 1.82) is 0 Å². The molecule has 0 aliphatic heterocycles. The Labute approximate surface area is 141 Å². The first-order chi connectivity index (χ1) is 11.7. The number of aromatic nitrogens is 2. The van der Waals surface area contributed by atoms with Crippen molar-refractivity contribution < 1.29 is 23.5 Å². The molecule has 1 aromatic carbocycles. The molecule has 0 radical (unpaired) electrons. The van der Waals surface area contributed by atoms with E-state index in [9.17, 15) is 4.79 Å². The molecule has 0 saturated carbocycles. The highest BCUT2D eigenvalue weighted by Crippen LogP contribution is 2.28. The van der Waals surface area contributed by atoms with E-state index in [-0.39, 0.29) is 12.5 Å². The molecule has 7 nitrogen and oxygen atoms in total. The van der Waals surface area contributed by atoms with Gasteiger partial charge in [-0.2, -0.15) is 4.98 Å². The number of hydrogen-bond donors (Lipinski definition) is 0. The van der Waals surface area contributed by atoms with Crippen LogP contribution in [0.25, 0.3) is 10.7 Å². The Morgan fingerprint density at radius 2 is 2.04 bits per heavy atom. The highest BCUT2D eigenvalue weighted by atomic mass is 32.1. The molecule has 2 heterocycles. The van der Waals surface area contributed by atoms with Gasteiger partial charge in [-0.1, -0.05) is 11.2 Å². The van der Waals surface area contributed by atoms with Gasteiger partial charge in [0.25, 0.3) is 5.89 Å². The number of thiophene rings is 1. The Morgan fingerprint density at radius 3 is 2.75 bits per heavy atom. The largest absolute Gasteiger partial charge is 0.493 e. The van der Waals surface area contributed by atoms with Gasteiger partial charge in [-0.25, -0.2) is 4.79 Å². The number of ether oxygens (including phenoxy) is 3. The topological polar surface area (TPSA) is 83.7 Å². The van der Waals surface area contributed by atoms with Crippen molar-refractivity contribution in [3.8, 4) is 22.2 Å². The van der Waals surface area contributed by atoms with Crippen LogP contribution in [-0.4, -0.2) is 30.3 Å². The maximum absolute atomic E-state index is 12.1. The number of methoxy groups -OCH3 is 2.